The molecule has 186 valence electrons. The molecule has 3 aliphatic rings. The van der Waals surface area contributed by atoms with Gasteiger partial charge in [-0.05, 0) is 36.8 Å². The highest BCUT2D eigenvalue weighted by atomic mass is 16.6. The molecule has 9 nitrogen and oxygen atoms in total. The number of rotatable bonds is 1. The van der Waals surface area contributed by atoms with Gasteiger partial charge >= 0.3 is 0 Å². The van der Waals surface area contributed by atoms with Gasteiger partial charge in [0.05, 0.1) is 33.7 Å². The lowest BCUT2D eigenvalue weighted by atomic mass is 9.93. The van der Waals surface area contributed by atoms with Crippen molar-refractivity contribution in [2.75, 3.05) is 0 Å². The van der Waals surface area contributed by atoms with E-state index in [1.54, 1.807) is 12.1 Å². The molecule has 3 aliphatic heterocycles. The van der Waals surface area contributed by atoms with Crippen LogP contribution < -0.4 is 10.6 Å². The maximum absolute atomic E-state index is 13.3. The highest BCUT2D eigenvalue weighted by Crippen LogP contribution is 2.53. The average Bonchev–Trinajstić information content (AvgIpc) is 3.49. The predicted molar refractivity (Wildman–Crippen MR) is 137 cm³/mol. The molecule has 5 heterocycles. The molecule has 1 fully saturated rings. The summed E-state index contributed by atoms with van der Waals surface area (Å²) in [6.07, 6.45) is -1.21. The van der Waals surface area contributed by atoms with E-state index in [0.29, 0.717) is 18.5 Å². The highest BCUT2D eigenvalue weighted by Gasteiger charge is 2.52. The maximum Gasteiger partial charge on any atom is 0.252 e. The van der Waals surface area contributed by atoms with Gasteiger partial charge in [-0.2, -0.15) is 0 Å². The number of aromatic nitrogens is 2. The molecule has 5 aromatic rings. The molecule has 2 bridgehead atoms. The van der Waals surface area contributed by atoms with E-state index >= 15 is 0 Å². The summed E-state index contributed by atoms with van der Waals surface area (Å²) in [5.41, 5.74) is 3.65. The Hall–Kier alpha value is -4.08. The molecule has 0 radical (unpaired) electrons. The van der Waals surface area contributed by atoms with Crippen LogP contribution in [0.3, 0.4) is 0 Å². The first-order valence-corrected chi connectivity index (χ1v) is 12.5. The summed E-state index contributed by atoms with van der Waals surface area (Å²) in [6, 6.07) is 12.5. The maximum atomic E-state index is 13.3. The Morgan fingerprint density at radius 2 is 1.95 bits per heavy atom. The molecule has 4 N–H and O–H groups in total. The number of aliphatic hydroxyl groups is 1. The highest BCUT2D eigenvalue weighted by molar-refractivity contribution is 6.31. The first-order chi connectivity index (χ1) is 17.8. The summed E-state index contributed by atoms with van der Waals surface area (Å²) >= 11 is 0. The van der Waals surface area contributed by atoms with Crippen LogP contribution in [0.15, 0.2) is 42.5 Å². The summed E-state index contributed by atoms with van der Waals surface area (Å²) in [5, 5.41) is 31.6. The molecular weight excluding hydrogens is 472 g/mol. The lowest BCUT2D eigenvalue weighted by Gasteiger charge is -2.47. The SMILES string of the molecule is CC(=O)NC1CC2OC(C)(C1O)n1c3ccc(O)cc3c3c4c(c5c6ccccc6n2c5c31)C(=O)NC4. The quantitative estimate of drug-likeness (QED) is 0.284. The summed E-state index contributed by atoms with van der Waals surface area (Å²) in [4.78, 5) is 25.5. The molecular formula is C28H24N4O5. The topological polar surface area (TPSA) is 118 Å². The largest absolute Gasteiger partial charge is 0.508 e. The number of aliphatic hydroxyl groups excluding tert-OH is 1. The number of benzene rings is 3. The second-order valence-corrected chi connectivity index (χ2v) is 10.5. The number of nitrogens with zero attached hydrogens (tertiary/aromatic N) is 2. The van der Waals surface area contributed by atoms with E-state index in [4.69, 9.17) is 4.74 Å². The number of hydrogen-bond acceptors (Lipinski definition) is 5. The normalized spacial score (nSPS) is 26.2. The predicted octanol–water partition coefficient (Wildman–Crippen LogP) is 3.32. The van der Waals surface area contributed by atoms with Crippen LogP contribution in [-0.2, 0) is 21.8 Å². The number of ether oxygens (including phenoxy) is 1. The van der Waals surface area contributed by atoms with Crippen LogP contribution in [0.25, 0.3) is 43.6 Å². The molecule has 1 saturated heterocycles. The summed E-state index contributed by atoms with van der Waals surface area (Å²) in [6.45, 7) is 3.66. The number of carbonyl (C=O) groups is 2. The number of para-hydroxylation sites is 1. The van der Waals surface area contributed by atoms with Gasteiger partial charge in [-0.3, -0.25) is 9.59 Å². The molecule has 37 heavy (non-hydrogen) atoms. The van der Waals surface area contributed by atoms with Crippen molar-refractivity contribution in [1.82, 2.24) is 19.8 Å². The molecule has 0 aliphatic carbocycles. The molecule has 0 saturated carbocycles. The van der Waals surface area contributed by atoms with Crippen molar-refractivity contribution in [3.8, 4) is 5.75 Å². The van der Waals surface area contributed by atoms with Gasteiger partial charge in [0.2, 0.25) is 5.91 Å². The zero-order chi connectivity index (χ0) is 25.4. The Morgan fingerprint density at radius 1 is 1.14 bits per heavy atom. The molecule has 2 aromatic heterocycles. The Morgan fingerprint density at radius 3 is 2.76 bits per heavy atom. The van der Waals surface area contributed by atoms with Gasteiger partial charge in [0.25, 0.3) is 5.91 Å². The van der Waals surface area contributed by atoms with Crippen molar-refractivity contribution in [3.63, 3.8) is 0 Å². The monoisotopic (exact) mass is 496 g/mol. The van der Waals surface area contributed by atoms with E-state index in [-0.39, 0.29) is 17.6 Å². The fourth-order valence-corrected chi connectivity index (χ4v) is 7.13. The number of hydrogen-bond donors (Lipinski definition) is 4. The van der Waals surface area contributed by atoms with Crippen molar-refractivity contribution in [2.24, 2.45) is 0 Å². The number of phenolic OH excluding ortho intramolecular Hbond substituents is 1. The fourth-order valence-electron chi connectivity index (χ4n) is 7.13. The van der Waals surface area contributed by atoms with E-state index in [2.05, 4.69) is 15.2 Å². The van der Waals surface area contributed by atoms with Gasteiger partial charge in [0.15, 0.2) is 5.72 Å². The lowest BCUT2D eigenvalue weighted by Crippen LogP contribution is -2.60. The molecule has 0 spiro atoms. The van der Waals surface area contributed by atoms with Gasteiger partial charge in [-0.15, -0.1) is 0 Å². The smallest absolute Gasteiger partial charge is 0.252 e. The Balaban J connectivity index is 1.67. The third kappa shape index (κ3) is 2.37. The van der Waals surface area contributed by atoms with Crippen LogP contribution >= 0.6 is 0 Å². The number of carbonyl (C=O) groups excluding carboxylic acids is 2. The van der Waals surface area contributed by atoms with Crippen molar-refractivity contribution < 1.29 is 24.5 Å². The zero-order valence-electron chi connectivity index (χ0n) is 20.2. The number of phenols is 1. The first kappa shape index (κ1) is 21.0. The van der Waals surface area contributed by atoms with Crippen molar-refractivity contribution in [2.45, 2.75) is 50.9 Å². The van der Waals surface area contributed by atoms with Crippen molar-refractivity contribution in [1.29, 1.82) is 0 Å². The van der Waals surface area contributed by atoms with Crippen LogP contribution in [0.1, 0.15) is 42.4 Å². The summed E-state index contributed by atoms with van der Waals surface area (Å²) in [5.74, 6) is -0.245. The standard InChI is InChI=1S/C28H24N4O5/c1-12(33)30-17-10-20-31-18-6-4-3-5-14(18)22-23-16(11-29-27(23)36)21-15-9-13(34)7-8-19(15)32(25(21)24(22)31)28(2,37-20)26(17)35/h3-9,17,20,26,34-35H,10-11H2,1-2H3,(H,29,36)(H,30,33). The van der Waals surface area contributed by atoms with Crippen LogP contribution in [0, 0.1) is 0 Å². The minimum Gasteiger partial charge on any atom is -0.508 e. The van der Waals surface area contributed by atoms with Gasteiger partial charge in [0.1, 0.15) is 18.1 Å². The molecule has 4 unspecified atom stereocenters. The molecule has 9 heteroatoms. The van der Waals surface area contributed by atoms with Crippen LogP contribution in [-0.4, -0.2) is 43.3 Å². The Bertz CT molecular complexity index is 1880. The van der Waals surface area contributed by atoms with E-state index in [0.717, 1.165) is 49.2 Å². The molecule has 3 aromatic carbocycles. The van der Waals surface area contributed by atoms with Crippen LogP contribution in [0.5, 0.6) is 5.75 Å². The second-order valence-electron chi connectivity index (χ2n) is 10.5. The molecule has 4 atom stereocenters. The molecule has 8 rings (SSSR count). The van der Waals surface area contributed by atoms with Gasteiger partial charge in [0, 0.05) is 41.4 Å². The minimum absolute atomic E-state index is 0.111. The van der Waals surface area contributed by atoms with Gasteiger partial charge in [-0.1, -0.05) is 18.2 Å². The Kier molecular flexibility index (Phi) is 3.76. The average molecular weight is 497 g/mol. The van der Waals surface area contributed by atoms with Crippen LogP contribution in [0.2, 0.25) is 0 Å². The second kappa shape index (κ2) is 6.62. The summed E-state index contributed by atoms with van der Waals surface area (Å²) < 4.78 is 10.9. The fraction of sp³-hybridized carbons (Fsp3) is 0.286. The molecule has 2 amide bonds. The van der Waals surface area contributed by atoms with Crippen molar-refractivity contribution in [3.05, 3.63) is 53.6 Å². The number of aromatic hydroxyl groups is 1. The third-order valence-corrected chi connectivity index (χ3v) is 8.47. The van der Waals surface area contributed by atoms with Crippen molar-refractivity contribution >= 4 is 55.4 Å². The van der Waals surface area contributed by atoms with E-state index < -0.39 is 24.1 Å². The lowest BCUT2D eigenvalue weighted by molar-refractivity contribution is -0.249. The van der Waals surface area contributed by atoms with Gasteiger partial charge < -0.3 is 34.7 Å². The Labute approximate surface area is 210 Å². The third-order valence-electron chi connectivity index (χ3n) is 8.47. The zero-order valence-corrected chi connectivity index (χ0v) is 20.2. The van der Waals surface area contributed by atoms with E-state index in [1.165, 1.54) is 6.92 Å². The first-order valence-electron chi connectivity index (χ1n) is 12.5. The minimum atomic E-state index is -1.25. The number of fused-ring (bicyclic) bond motifs is 13. The number of nitrogens with one attached hydrogen (secondary N) is 2. The van der Waals surface area contributed by atoms with Gasteiger partial charge in [-0.25, -0.2) is 0 Å². The number of amides is 2. The summed E-state index contributed by atoms with van der Waals surface area (Å²) in [7, 11) is 0. The van der Waals surface area contributed by atoms with Crippen LogP contribution in [0.4, 0.5) is 0 Å². The van der Waals surface area contributed by atoms with E-state index in [9.17, 15) is 19.8 Å². The van der Waals surface area contributed by atoms with E-state index in [1.807, 2.05) is 41.8 Å².